The second-order valence-electron chi connectivity index (χ2n) is 6.52. The molecule has 2 aliphatic heterocycles. The van der Waals surface area contributed by atoms with Gasteiger partial charge in [-0.05, 0) is 33.5 Å². The normalized spacial score (nSPS) is 32.6. The second kappa shape index (κ2) is 5.50. The molecule has 0 aromatic heterocycles. The van der Waals surface area contributed by atoms with E-state index < -0.39 is 0 Å². The lowest BCUT2D eigenvalue weighted by atomic mass is 9.78. The van der Waals surface area contributed by atoms with Crippen molar-refractivity contribution >= 4 is 0 Å². The maximum atomic E-state index is 6.51. The van der Waals surface area contributed by atoms with E-state index in [4.69, 9.17) is 9.47 Å². The van der Waals surface area contributed by atoms with Crippen LogP contribution < -0.4 is 14.8 Å². The molecule has 1 aromatic rings. The molecular formula is C17H26N2O2. The highest BCUT2D eigenvalue weighted by atomic mass is 16.5. The zero-order valence-corrected chi connectivity index (χ0v) is 13.5. The van der Waals surface area contributed by atoms with Crippen LogP contribution in [0.1, 0.15) is 37.8 Å². The highest BCUT2D eigenvalue weighted by Gasteiger charge is 2.44. The molecular weight excluding hydrogens is 264 g/mol. The van der Waals surface area contributed by atoms with E-state index in [-0.39, 0.29) is 5.60 Å². The minimum absolute atomic E-state index is 0.0427. The number of hydrogen-bond donors (Lipinski definition) is 1. The van der Waals surface area contributed by atoms with Gasteiger partial charge in [0, 0.05) is 43.1 Å². The van der Waals surface area contributed by atoms with E-state index in [1.54, 1.807) is 7.11 Å². The average Bonchev–Trinajstić information content (AvgIpc) is 2.50. The predicted molar refractivity (Wildman–Crippen MR) is 84.1 cm³/mol. The number of fused-ring (bicyclic) bond motifs is 1. The standard InChI is InChI=1S/C17H26N2O2/c1-12-10-17(7-8-19(12)3)11-15(18-2)14-6-5-13(20-4)9-16(14)21-17/h5-6,9,12,15,18H,7-8,10-11H2,1-4H3. The van der Waals surface area contributed by atoms with E-state index in [2.05, 4.69) is 30.3 Å². The SMILES string of the molecule is CNC1CC2(CCN(C)C(C)C2)Oc2cc(OC)ccc21. The molecule has 1 saturated heterocycles. The Labute approximate surface area is 127 Å². The summed E-state index contributed by atoms with van der Waals surface area (Å²) in [6, 6.07) is 7.09. The van der Waals surface area contributed by atoms with Gasteiger partial charge >= 0.3 is 0 Å². The van der Waals surface area contributed by atoms with Gasteiger partial charge in [-0.3, -0.25) is 0 Å². The van der Waals surface area contributed by atoms with Crippen molar-refractivity contribution in [2.75, 3.05) is 27.7 Å². The van der Waals surface area contributed by atoms with Crippen molar-refractivity contribution in [3.63, 3.8) is 0 Å². The van der Waals surface area contributed by atoms with Crippen molar-refractivity contribution in [3.05, 3.63) is 23.8 Å². The Bertz CT molecular complexity index is 520. The molecule has 0 bridgehead atoms. The van der Waals surface area contributed by atoms with Crippen molar-refractivity contribution in [1.29, 1.82) is 0 Å². The summed E-state index contributed by atoms with van der Waals surface area (Å²) >= 11 is 0. The Kier molecular flexibility index (Phi) is 3.84. The minimum atomic E-state index is -0.0427. The van der Waals surface area contributed by atoms with Gasteiger partial charge in [-0.2, -0.15) is 0 Å². The number of piperidine rings is 1. The van der Waals surface area contributed by atoms with Crippen LogP contribution in [0.2, 0.25) is 0 Å². The van der Waals surface area contributed by atoms with Crippen LogP contribution in [-0.2, 0) is 0 Å². The third-order valence-electron chi connectivity index (χ3n) is 5.19. The van der Waals surface area contributed by atoms with Gasteiger partial charge in [-0.15, -0.1) is 0 Å². The lowest BCUT2D eigenvalue weighted by molar-refractivity contribution is -0.0385. The summed E-state index contributed by atoms with van der Waals surface area (Å²) in [4.78, 5) is 2.42. The Hall–Kier alpha value is -1.26. The van der Waals surface area contributed by atoms with Crippen LogP contribution in [0.3, 0.4) is 0 Å². The molecule has 0 saturated carbocycles. The number of hydrogen-bond acceptors (Lipinski definition) is 4. The van der Waals surface area contributed by atoms with Crippen molar-refractivity contribution in [1.82, 2.24) is 10.2 Å². The summed E-state index contributed by atoms with van der Waals surface area (Å²) < 4.78 is 11.9. The Morgan fingerprint density at radius 3 is 2.86 bits per heavy atom. The van der Waals surface area contributed by atoms with Gasteiger partial charge in [0.2, 0.25) is 0 Å². The fourth-order valence-electron chi connectivity index (χ4n) is 3.71. The molecule has 0 radical (unpaired) electrons. The van der Waals surface area contributed by atoms with Crippen LogP contribution in [-0.4, -0.2) is 44.3 Å². The number of likely N-dealkylation sites (tertiary alicyclic amines) is 1. The average molecular weight is 290 g/mol. The molecule has 0 aliphatic carbocycles. The first kappa shape index (κ1) is 14.7. The highest BCUT2D eigenvalue weighted by Crippen LogP contribution is 2.46. The summed E-state index contributed by atoms with van der Waals surface area (Å²) in [7, 11) is 5.94. The summed E-state index contributed by atoms with van der Waals surface area (Å²) in [5, 5.41) is 3.46. The number of nitrogens with zero attached hydrogens (tertiary/aromatic N) is 1. The van der Waals surface area contributed by atoms with Gasteiger partial charge in [-0.1, -0.05) is 6.07 Å². The maximum Gasteiger partial charge on any atom is 0.128 e. The molecule has 3 rings (SSSR count). The molecule has 2 heterocycles. The maximum absolute atomic E-state index is 6.51. The van der Waals surface area contributed by atoms with Gasteiger partial charge < -0.3 is 19.7 Å². The molecule has 2 aliphatic rings. The fraction of sp³-hybridized carbons (Fsp3) is 0.647. The monoisotopic (exact) mass is 290 g/mol. The van der Waals surface area contributed by atoms with Crippen molar-refractivity contribution < 1.29 is 9.47 Å². The molecule has 3 unspecified atom stereocenters. The van der Waals surface area contributed by atoms with E-state index in [9.17, 15) is 0 Å². The molecule has 21 heavy (non-hydrogen) atoms. The smallest absolute Gasteiger partial charge is 0.128 e. The van der Waals surface area contributed by atoms with E-state index in [0.717, 1.165) is 37.3 Å². The molecule has 4 heteroatoms. The fourth-order valence-corrected chi connectivity index (χ4v) is 3.71. The first-order valence-electron chi connectivity index (χ1n) is 7.81. The predicted octanol–water partition coefficient (Wildman–Crippen LogP) is 2.59. The van der Waals surface area contributed by atoms with E-state index in [1.807, 2.05) is 19.2 Å². The van der Waals surface area contributed by atoms with Crippen LogP contribution in [0, 0.1) is 0 Å². The van der Waals surface area contributed by atoms with E-state index in [0.29, 0.717) is 12.1 Å². The number of rotatable bonds is 2. The summed E-state index contributed by atoms with van der Waals surface area (Å²) in [6.07, 6.45) is 3.21. The van der Waals surface area contributed by atoms with Gasteiger partial charge in [0.1, 0.15) is 17.1 Å². The Morgan fingerprint density at radius 1 is 1.38 bits per heavy atom. The van der Waals surface area contributed by atoms with Gasteiger partial charge in [-0.25, -0.2) is 0 Å². The van der Waals surface area contributed by atoms with E-state index >= 15 is 0 Å². The molecule has 116 valence electrons. The molecule has 4 nitrogen and oxygen atoms in total. The first-order chi connectivity index (χ1) is 10.1. The zero-order chi connectivity index (χ0) is 15.0. The lowest BCUT2D eigenvalue weighted by Crippen LogP contribution is -2.53. The summed E-state index contributed by atoms with van der Waals surface area (Å²) in [6.45, 7) is 3.39. The Balaban J connectivity index is 1.93. The highest BCUT2D eigenvalue weighted by molar-refractivity contribution is 5.44. The molecule has 1 spiro atoms. The molecule has 3 atom stereocenters. The van der Waals surface area contributed by atoms with E-state index in [1.165, 1.54) is 5.56 Å². The lowest BCUT2D eigenvalue weighted by Gasteiger charge is -2.48. The van der Waals surface area contributed by atoms with Crippen LogP contribution in [0.15, 0.2) is 18.2 Å². The zero-order valence-electron chi connectivity index (χ0n) is 13.5. The van der Waals surface area contributed by atoms with Crippen molar-refractivity contribution in [2.45, 2.75) is 43.9 Å². The number of ether oxygens (including phenoxy) is 2. The third-order valence-corrected chi connectivity index (χ3v) is 5.19. The number of nitrogens with one attached hydrogen (secondary N) is 1. The molecule has 1 N–H and O–H groups in total. The minimum Gasteiger partial charge on any atom is -0.497 e. The quantitative estimate of drug-likeness (QED) is 0.908. The van der Waals surface area contributed by atoms with Crippen LogP contribution in [0.5, 0.6) is 11.5 Å². The van der Waals surface area contributed by atoms with Crippen molar-refractivity contribution in [2.24, 2.45) is 0 Å². The number of methoxy groups -OCH3 is 1. The third kappa shape index (κ3) is 2.62. The second-order valence-corrected chi connectivity index (χ2v) is 6.52. The molecule has 1 aromatic carbocycles. The first-order valence-corrected chi connectivity index (χ1v) is 7.81. The number of benzene rings is 1. The van der Waals surface area contributed by atoms with Gasteiger partial charge in [0.25, 0.3) is 0 Å². The Morgan fingerprint density at radius 2 is 2.19 bits per heavy atom. The molecule has 0 amide bonds. The van der Waals surface area contributed by atoms with Crippen LogP contribution in [0.4, 0.5) is 0 Å². The van der Waals surface area contributed by atoms with Crippen LogP contribution in [0.25, 0.3) is 0 Å². The topological polar surface area (TPSA) is 33.7 Å². The summed E-state index contributed by atoms with van der Waals surface area (Å²) in [5.41, 5.74) is 1.20. The summed E-state index contributed by atoms with van der Waals surface area (Å²) in [5.74, 6) is 1.85. The van der Waals surface area contributed by atoms with Crippen LogP contribution >= 0.6 is 0 Å². The largest absolute Gasteiger partial charge is 0.497 e. The molecule has 1 fully saturated rings. The van der Waals surface area contributed by atoms with Crippen molar-refractivity contribution in [3.8, 4) is 11.5 Å². The van der Waals surface area contributed by atoms with Gasteiger partial charge in [0.15, 0.2) is 0 Å². The van der Waals surface area contributed by atoms with Gasteiger partial charge in [0.05, 0.1) is 7.11 Å².